The summed E-state index contributed by atoms with van der Waals surface area (Å²) >= 11 is 0. The summed E-state index contributed by atoms with van der Waals surface area (Å²) in [5, 5.41) is 9.31. The quantitative estimate of drug-likeness (QED) is 0.928. The maximum absolute atomic E-state index is 13.8. The van der Waals surface area contributed by atoms with Gasteiger partial charge in [0.15, 0.2) is 0 Å². The van der Waals surface area contributed by atoms with Gasteiger partial charge in [-0.05, 0) is 30.9 Å². The average Bonchev–Trinajstić information content (AvgIpc) is 2.90. The van der Waals surface area contributed by atoms with Gasteiger partial charge < -0.3 is 10.0 Å². The molecule has 21 heavy (non-hydrogen) atoms. The van der Waals surface area contributed by atoms with Gasteiger partial charge in [0.25, 0.3) is 0 Å². The third-order valence-electron chi connectivity index (χ3n) is 4.42. The van der Waals surface area contributed by atoms with Crippen LogP contribution >= 0.6 is 0 Å². The Morgan fingerprint density at radius 1 is 1.29 bits per heavy atom. The van der Waals surface area contributed by atoms with Gasteiger partial charge in [0.2, 0.25) is 5.91 Å². The lowest BCUT2D eigenvalue weighted by atomic mass is 9.94. The Morgan fingerprint density at radius 2 is 1.90 bits per heavy atom. The highest BCUT2D eigenvalue weighted by molar-refractivity contribution is 5.97. The molecule has 1 aromatic rings. The molecule has 2 rings (SSSR count). The van der Waals surface area contributed by atoms with Gasteiger partial charge in [0, 0.05) is 7.05 Å². The molecule has 0 bridgehead atoms. The molecule has 1 aromatic carbocycles. The fraction of sp³-hybridized carbons (Fsp3) is 0.500. The number of aliphatic carboxylic acids is 1. The number of benzene rings is 1. The van der Waals surface area contributed by atoms with E-state index in [4.69, 9.17) is 0 Å². The van der Waals surface area contributed by atoms with Gasteiger partial charge in [-0.25, -0.2) is 4.39 Å². The van der Waals surface area contributed by atoms with Gasteiger partial charge >= 0.3 is 5.97 Å². The van der Waals surface area contributed by atoms with E-state index in [-0.39, 0.29) is 17.5 Å². The summed E-state index contributed by atoms with van der Waals surface area (Å²) in [5.74, 6) is -2.73. The summed E-state index contributed by atoms with van der Waals surface area (Å²) in [6.07, 6.45) is 1.94. The number of rotatable bonds is 4. The zero-order valence-corrected chi connectivity index (χ0v) is 12.3. The lowest BCUT2D eigenvalue weighted by molar-refractivity contribution is -0.145. The van der Waals surface area contributed by atoms with E-state index in [1.807, 2.05) is 6.92 Å². The molecule has 3 atom stereocenters. The summed E-state index contributed by atoms with van der Waals surface area (Å²) in [6, 6.07) is 6.02. The minimum atomic E-state index is -0.939. The summed E-state index contributed by atoms with van der Waals surface area (Å²) in [5.41, 5.74) is 0.187. The molecule has 1 fully saturated rings. The van der Waals surface area contributed by atoms with Crippen LogP contribution < -0.4 is 4.90 Å². The number of para-hydroxylation sites is 1. The van der Waals surface area contributed by atoms with Gasteiger partial charge in [-0.3, -0.25) is 9.59 Å². The highest BCUT2D eigenvalue weighted by Gasteiger charge is 2.43. The Kier molecular flexibility index (Phi) is 4.60. The van der Waals surface area contributed by atoms with Crippen molar-refractivity contribution in [3.63, 3.8) is 0 Å². The lowest BCUT2D eigenvalue weighted by Crippen LogP contribution is -2.37. The Labute approximate surface area is 123 Å². The summed E-state index contributed by atoms with van der Waals surface area (Å²) in [4.78, 5) is 25.2. The second-order valence-electron chi connectivity index (χ2n) is 5.65. The number of carboxylic acids is 1. The monoisotopic (exact) mass is 293 g/mol. The maximum atomic E-state index is 13.8. The largest absolute Gasteiger partial charge is 0.481 e. The van der Waals surface area contributed by atoms with Crippen LogP contribution in [0.1, 0.15) is 26.2 Å². The van der Waals surface area contributed by atoms with E-state index in [9.17, 15) is 19.1 Å². The number of carbonyl (C=O) groups is 2. The van der Waals surface area contributed by atoms with Crippen molar-refractivity contribution in [1.29, 1.82) is 0 Å². The van der Waals surface area contributed by atoms with Crippen molar-refractivity contribution in [1.82, 2.24) is 0 Å². The molecule has 0 heterocycles. The predicted molar refractivity (Wildman–Crippen MR) is 77.4 cm³/mol. The molecule has 1 N–H and O–H groups in total. The summed E-state index contributed by atoms with van der Waals surface area (Å²) in [7, 11) is 1.50. The lowest BCUT2D eigenvalue weighted by Gasteiger charge is -2.23. The van der Waals surface area contributed by atoms with Gasteiger partial charge in [-0.2, -0.15) is 0 Å². The van der Waals surface area contributed by atoms with Gasteiger partial charge in [-0.15, -0.1) is 0 Å². The van der Waals surface area contributed by atoms with Gasteiger partial charge in [0.1, 0.15) is 5.82 Å². The minimum absolute atomic E-state index is 0.187. The molecule has 0 saturated heterocycles. The second-order valence-corrected chi connectivity index (χ2v) is 5.65. The summed E-state index contributed by atoms with van der Waals surface area (Å²) < 4.78 is 13.8. The number of hydrogen-bond donors (Lipinski definition) is 1. The van der Waals surface area contributed by atoms with Crippen LogP contribution in [0, 0.1) is 23.6 Å². The second kappa shape index (κ2) is 6.24. The molecule has 1 aliphatic carbocycles. The Morgan fingerprint density at radius 3 is 2.48 bits per heavy atom. The smallest absolute Gasteiger partial charge is 0.307 e. The van der Waals surface area contributed by atoms with E-state index in [1.54, 1.807) is 12.1 Å². The van der Waals surface area contributed by atoms with Crippen LogP contribution in [0.4, 0.5) is 10.1 Å². The number of amides is 1. The van der Waals surface area contributed by atoms with Crippen molar-refractivity contribution in [3.05, 3.63) is 30.1 Å². The molecule has 0 radical (unpaired) electrons. The van der Waals surface area contributed by atoms with E-state index in [2.05, 4.69) is 0 Å². The fourth-order valence-electron chi connectivity index (χ4n) is 3.11. The first-order chi connectivity index (χ1) is 9.95. The molecule has 0 aromatic heterocycles. The van der Waals surface area contributed by atoms with Crippen LogP contribution in [-0.2, 0) is 9.59 Å². The van der Waals surface area contributed by atoms with E-state index in [1.165, 1.54) is 24.1 Å². The molecule has 1 saturated carbocycles. The van der Waals surface area contributed by atoms with Crippen molar-refractivity contribution in [3.8, 4) is 0 Å². The van der Waals surface area contributed by atoms with Crippen molar-refractivity contribution in [2.24, 2.45) is 17.8 Å². The molecule has 5 heteroatoms. The standard InChI is InChI=1S/C16H20FNO3/c1-3-10-8-11(12(9-10)16(20)21)15(19)18(2)14-7-5-4-6-13(14)17/h4-7,10-12H,3,8-9H2,1-2H3,(H,20,21). The number of carbonyl (C=O) groups excluding carboxylic acids is 1. The summed E-state index contributed by atoms with van der Waals surface area (Å²) in [6.45, 7) is 2.00. The highest BCUT2D eigenvalue weighted by atomic mass is 19.1. The van der Waals surface area contributed by atoms with Crippen LogP contribution in [0.3, 0.4) is 0 Å². The molecular weight excluding hydrogens is 273 g/mol. The van der Waals surface area contributed by atoms with E-state index < -0.39 is 23.6 Å². The first-order valence-electron chi connectivity index (χ1n) is 7.20. The molecule has 114 valence electrons. The van der Waals surface area contributed by atoms with Crippen molar-refractivity contribution in [2.45, 2.75) is 26.2 Å². The van der Waals surface area contributed by atoms with Crippen LogP contribution in [-0.4, -0.2) is 24.0 Å². The number of carboxylic acid groups (broad SMARTS) is 1. The number of nitrogens with zero attached hydrogens (tertiary/aromatic N) is 1. The van der Waals surface area contributed by atoms with E-state index in [0.29, 0.717) is 12.8 Å². The van der Waals surface area contributed by atoms with Crippen molar-refractivity contribution in [2.75, 3.05) is 11.9 Å². The van der Waals surface area contributed by atoms with Crippen LogP contribution in [0.25, 0.3) is 0 Å². The zero-order chi connectivity index (χ0) is 15.6. The van der Waals surface area contributed by atoms with E-state index >= 15 is 0 Å². The first kappa shape index (κ1) is 15.5. The predicted octanol–water partition coefficient (Wildman–Crippen LogP) is 2.93. The maximum Gasteiger partial charge on any atom is 0.307 e. The number of halogens is 1. The molecular formula is C16H20FNO3. The third-order valence-corrected chi connectivity index (χ3v) is 4.42. The van der Waals surface area contributed by atoms with Crippen molar-refractivity contribution < 1.29 is 19.1 Å². The molecule has 0 spiro atoms. The van der Waals surface area contributed by atoms with Crippen LogP contribution in [0.2, 0.25) is 0 Å². The molecule has 3 unspecified atom stereocenters. The topological polar surface area (TPSA) is 57.6 Å². The van der Waals surface area contributed by atoms with Gasteiger partial charge in [-0.1, -0.05) is 25.5 Å². The molecule has 4 nitrogen and oxygen atoms in total. The zero-order valence-electron chi connectivity index (χ0n) is 12.3. The normalized spacial score (nSPS) is 24.8. The Bertz CT molecular complexity index is 546. The van der Waals surface area contributed by atoms with Crippen molar-refractivity contribution >= 4 is 17.6 Å². The highest BCUT2D eigenvalue weighted by Crippen LogP contribution is 2.39. The fourth-order valence-corrected chi connectivity index (χ4v) is 3.11. The molecule has 0 aliphatic heterocycles. The molecule has 1 amide bonds. The number of hydrogen-bond acceptors (Lipinski definition) is 2. The van der Waals surface area contributed by atoms with E-state index in [0.717, 1.165) is 6.42 Å². The average molecular weight is 293 g/mol. The van der Waals surface area contributed by atoms with Gasteiger partial charge in [0.05, 0.1) is 17.5 Å². The Balaban J connectivity index is 2.22. The first-order valence-corrected chi connectivity index (χ1v) is 7.20. The van der Waals surface area contributed by atoms with Crippen LogP contribution in [0.15, 0.2) is 24.3 Å². The minimum Gasteiger partial charge on any atom is -0.481 e. The third kappa shape index (κ3) is 3.06. The number of anilines is 1. The SMILES string of the molecule is CCC1CC(C(=O)O)C(C(=O)N(C)c2ccccc2F)C1. The van der Waals surface area contributed by atoms with Crippen LogP contribution in [0.5, 0.6) is 0 Å². The Hall–Kier alpha value is -1.91. The molecule has 1 aliphatic rings.